The third kappa shape index (κ3) is 4.07. The molecule has 6 nitrogen and oxygen atoms in total. The highest BCUT2D eigenvalue weighted by Gasteiger charge is 2.17. The van der Waals surface area contributed by atoms with Crippen molar-refractivity contribution in [2.75, 3.05) is 10.6 Å². The highest BCUT2D eigenvalue weighted by Crippen LogP contribution is 2.24. The number of pyridine rings is 1. The Hall–Kier alpha value is -3.06. The molecule has 0 radical (unpaired) electrons. The number of anilines is 2. The first-order chi connectivity index (χ1) is 12.0. The average Bonchev–Trinajstić information content (AvgIpc) is 2.96. The highest BCUT2D eigenvalue weighted by atomic mass is 32.1. The quantitative estimate of drug-likeness (QED) is 0.750. The SMILES string of the molecule is Cc1ccc(C(=O)Nc2nc(C)c(C(=O)Nc3cccnc3)s2)cc1. The molecule has 7 heteroatoms. The Labute approximate surface area is 149 Å². The molecule has 2 heterocycles. The normalized spacial score (nSPS) is 10.3. The van der Waals surface area contributed by atoms with Crippen molar-refractivity contribution in [3.63, 3.8) is 0 Å². The smallest absolute Gasteiger partial charge is 0.267 e. The maximum absolute atomic E-state index is 12.4. The van der Waals surface area contributed by atoms with Gasteiger partial charge in [-0.1, -0.05) is 29.0 Å². The standard InChI is InChI=1S/C18H16N4O2S/c1-11-5-7-13(8-6-11)16(23)22-18-20-12(2)15(25-18)17(24)21-14-4-3-9-19-10-14/h3-10H,1-2H3,(H,21,24)(H,20,22,23). The van der Waals surface area contributed by atoms with Crippen LogP contribution in [0.1, 0.15) is 31.3 Å². The van der Waals surface area contributed by atoms with Gasteiger partial charge < -0.3 is 5.32 Å². The number of amides is 2. The van der Waals surface area contributed by atoms with Crippen molar-refractivity contribution in [2.45, 2.75) is 13.8 Å². The van der Waals surface area contributed by atoms with Gasteiger partial charge in [0.15, 0.2) is 5.13 Å². The van der Waals surface area contributed by atoms with E-state index >= 15 is 0 Å². The highest BCUT2D eigenvalue weighted by molar-refractivity contribution is 7.17. The molecule has 0 saturated heterocycles. The molecule has 0 atom stereocenters. The van der Waals surface area contributed by atoms with E-state index < -0.39 is 0 Å². The van der Waals surface area contributed by atoms with Crippen molar-refractivity contribution in [2.24, 2.45) is 0 Å². The van der Waals surface area contributed by atoms with Crippen molar-refractivity contribution in [1.29, 1.82) is 0 Å². The summed E-state index contributed by atoms with van der Waals surface area (Å²) in [7, 11) is 0. The fourth-order valence-corrected chi connectivity index (χ4v) is 3.02. The lowest BCUT2D eigenvalue weighted by Gasteiger charge is -2.02. The molecule has 0 fully saturated rings. The van der Waals surface area contributed by atoms with Gasteiger partial charge in [0.1, 0.15) is 4.88 Å². The largest absolute Gasteiger partial charge is 0.320 e. The molecule has 3 aromatic rings. The van der Waals surface area contributed by atoms with Crippen LogP contribution in [0, 0.1) is 13.8 Å². The minimum atomic E-state index is -0.279. The Morgan fingerprint density at radius 2 is 1.76 bits per heavy atom. The van der Waals surface area contributed by atoms with Gasteiger partial charge in [-0.15, -0.1) is 0 Å². The van der Waals surface area contributed by atoms with E-state index in [4.69, 9.17) is 0 Å². The lowest BCUT2D eigenvalue weighted by molar-refractivity contribution is 0.102. The molecule has 2 N–H and O–H groups in total. The second-order valence-electron chi connectivity index (χ2n) is 5.45. The molecule has 0 aliphatic rings. The first kappa shape index (κ1) is 16.8. The van der Waals surface area contributed by atoms with E-state index in [1.165, 1.54) is 0 Å². The molecule has 0 spiro atoms. The molecule has 0 unspecified atom stereocenters. The summed E-state index contributed by atoms with van der Waals surface area (Å²) in [6.45, 7) is 3.69. The third-order valence-electron chi connectivity index (χ3n) is 3.46. The molecule has 0 bridgehead atoms. The minimum Gasteiger partial charge on any atom is -0.320 e. The van der Waals surface area contributed by atoms with E-state index in [0.29, 0.717) is 27.0 Å². The minimum absolute atomic E-state index is 0.257. The van der Waals surface area contributed by atoms with Gasteiger partial charge in [-0.05, 0) is 38.1 Å². The first-order valence-corrected chi connectivity index (χ1v) is 8.41. The van der Waals surface area contributed by atoms with Gasteiger partial charge in [-0.3, -0.25) is 19.9 Å². The zero-order chi connectivity index (χ0) is 17.8. The summed E-state index contributed by atoms with van der Waals surface area (Å²) in [6.07, 6.45) is 3.20. The van der Waals surface area contributed by atoms with E-state index in [1.54, 1.807) is 43.6 Å². The van der Waals surface area contributed by atoms with Crippen LogP contribution in [-0.2, 0) is 0 Å². The topological polar surface area (TPSA) is 84.0 Å². The Kier molecular flexibility index (Phi) is 4.85. The van der Waals surface area contributed by atoms with Crippen LogP contribution in [0.15, 0.2) is 48.8 Å². The summed E-state index contributed by atoms with van der Waals surface area (Å²) in [5, 5.41) is 5.88. The van der Waals surface area contributed by atoms with Gasteiger partial charge in [-0.25, -0.2) is 4.98 Å². The summed E-state index contributed by atoms with van der Waals surface area (Å²) in [6, 6.07) is 10.7. The summed E-state index contributed by atoms with van der Waals surface area (Å²) >= 11 is 1.14. The van der Waals surface area contributed by atoms with Crippen LogP contribution >= 0.6 is 11.3 Å². The van der Waals surface area contributed by atoms with E-state index in [0.717, 1.165) is 16.9 Å². The molecule has 126 valence electrons. The number of thiazole rings is 1. The lowest BCUT2D eigenvalue weighted by atomic mass is 10.1. The second-order valence-corrected chi connectivity index (χ2v) is 6.45. The van der Waals surface area contributed by atoms with Gasteiger partial charge in [0, 0.05) is 11.8 Å². The van der Waals surface area contributed by atoms with Gasteiger partial charge >= 0.3 is 0 Å². The van der Waals surface area contributed by atoms with Crippen LogP contribution in [-0.4, -0.2) is 21.8 Å². The van der Waals surface area contributed by atoms with Crippen LogP contribution < -0.4 is 10.6 Å². The summed E-state index contributed by atoms with van der Waals surface area (Å²) < 4.78 is 0. The molecular weight excluding hydrogens is 336 g/mol. The molecule has 0 aliphatic carbocycles. The van der Waals surface area contributed by atoms with Crippen LogP contribution in [0.4, 0.5) is 10.8 Å². The van der Waals surface area contributed by atoms with Crippen molar-refractivity contribution < 1.29 is 9.59 Å². The zero-order valence-electron chi connectivity index (χ0n) is 13.7. The molecule has 0 saturated carbocycles. The number of rotatable bonds is 4. The fraction of sp³-hybridized carbons (Fsp3) is 0.111. The van der Waals surface area contributed by atoms with Crippen molar-refractivity contribution in [3.8, 4) is 0 Å². The Morgan fingerprint density at radius 1 is 1.00 bits per heavy atom. The van der Waals surface area contributed by atoms with Crippen molar-refractivity contribution in [1.82, 2.24) is 9.97 Å². The van der Waals surface area contributed by atoms with E-state index in [2.05, 4.69) is 20.6 Å². The Bertz CT molecular complexity index is 905. The predicted octanol–water partition coefficient (Wildman–Crippen LogP) is 3.66. The summed E-state index contributed by atoms with van der Waals surface area (Å²) in [5.41, 5.74) is 2.78. The summed E-state index contributed by atoms with van der Waals surface area (Å²) in [4.78, 5) is 33.3. The zero-order valence-corrected chi connectivity index (χ0v) is 14.6. The lowest BCUT2D eigenvalue weighted by Crippen LogP contribution is -2.11. The number of benzene rings is 1. The fourth-order valence-electron chi connectivity index (χ4n) is 2.16. The van der Waals surface area contributed by atoms with Gasteiger partial charge in [-0.2, -0.15) is 0 Å². The molecule has 1 aromatic carbocycles. The third-order valence-corrected chi connectivity index (χ3v) is 4.53. The number of aryl methyl sites for hydroxylation is 2. The molecule has 2 aromatic heterocycles. The maximum atomic E-state index is 12.4. The van der Waals surface area contributed by atoms with Gasteiger partial charge in [0.25, 0.3) is 11.8 Å². The van der Waals surface area contributed by atoms with Gasteiger partial charge in [0.05, 0.1) is 17.6 Å². The molecule has 3 rings (SSSR count). The number of nitrogens with one attached hydrogen (secondary N) is 2. The van der Waals surface area contributed by atoms with E-state index in [-0.39, 0.29) is 11.8 Å². The predicted molar refractivity (Wildman–Crippen MR) is 98.2 cm³/mol. The van der Waals surface area contributed by atoms with Crippen molar-refractivity contribution in [3.05, 3.63) is 70.5 Å². The number of aromatic nitrogens is 2. The number of hydrogen-bond donors (Lipinski definition) is 2. The number of hydrogen-bond acceptors (Lipinski definition) is 5. The van der Waals surface area contributed by atoms with Crippen LogP contribution in [0.3, 0.4) is 0 Å². The molecule has 0 aliphatic heterocycles. The second kappa shape index (κ2) is 7.23. The molecule has 25 heavy (non-hydrogen) atoms. The summed E-state index contributed by atoms with van der Waals surface area (Å²) in [5.74, 6) is -0.535. The molecule has 2 amide bonds. The van der Waals surface area contributed by atoms with Gasteiger partial charge in [0.2, 0.25) is 0 Å². The van der Waals surface area contributed by atoms with Crippen LogP contribution in [0.5, 0.6) is 0 Å². The number of carbonyl (C=O) groups excluding carboxylic acids is 2. The Balaban J connectivity index is 1.72. The average molecular weight is 352 g/mol. The monoisotopic (exact) mass is 352 g/mol. The van der Waals surface area contributed by atoms with Crippen molar-refractivity contribution >= 4 is 34.0 Å². The maximum Gasteiger partial charge on any atom is 0.267 e. The Morgan fingerprint density at radius 3 is 2.44 bits per heavy atom. The van der Waals surface area contributed by atoms with Crippen LogP contribution in [0.25, 0.3) is 0 Å². The first-order valence-electron chi connectivity index (χ1n) is 7.60. The van der Waals surface area contributed by atoms with E-state index in [9.17, 15) is 9.59 Å². The number of nitrogens with zero attached hydrogens (tertiary/aromatic N) is 2. The number of carbonyl (C=O) groups is 2. The van der Waals surface area contributed by atoms with Crippen LogP contribution in [0.2, 0.25) is 0 Å². The van der Waals surface area contributed by atoms with E-state index in [1.807, 2.05) is 19.1 Å². The molecular formula is C18H16N4O2S.